The molecular formula is C61H97N5O31. The fourth-order valence-electron chi connectivity index (χ4n) is 12.7. The van der Waals surface area contributed by atoms with E-state index in [9.17, 15) is 90.4 Å². The van der Waals surface area contributed by atoms with Crippen LogP contribution in [0.15, 0.2) is 24.3 Å². The van der Waals surface area contributed by atoms with Gasteiger partial charge in [-0.1, -0.05) is 64.4 Å². The van der Waals surface area contributed by atoms with Gasteiger partial charge in [0.1, 0.15) is 146 Å². The monoisotopic (exact) mass is 1400 g/mol. The molecular weight excluding hydrogens is 1300 g/mol. The minimum Gasteiger partial charge on any atom is -0.494 e. The minimum atomic E-state index is -2.06. The fraction of sp³-hybridized carbons (Fsp3) is 0.820. The van der Waals surface area contributed by atoms with Crippen LogP contribution in [0.25, 0.3) is 0 Å². The van der Waals surface area contributed by atoms with Crippen LogP contribution in [0.2, 0.25) is 0 Å². The van der Waals surface area contributed by atoms with Gasteiger partial charge in [0.25, 0.3) is 5.91 Å². The Morgan fingerprint density at radius 3 is 1.29 bits per heavy atom. The Morgan fingerprint density at radius 2 is 0.835 bits per heavy atom. The predicted octanol–water partition coefficient (Wildman–Crippen LogP) is -7.17. The number of ether oxygens (including phenoxy) is 13. The lowest BCUT2D eigenvalue weighted by molar-refractivity contribution is -0.368. The third-order valence-electron chi connectivity index (χ3n) is 17.8. The van der Waals surface area contributed by atoms with Crippen molar-refractivity contribution in [2.75, 3.05) is 39.6 Å². The van der Waals surface area contributed by atoms with Gasteiger partial charge in [-0.25, -0.2) is 0 Å². The summed E-state index contributed by atoms with van der Waals surface area (Å²) in [5.41, 5.74) is 0.0624. The van der Waals surface area contributed by atoms with Gasteiger partial charge in [0.2, 0.25) is 23.6 Å². The van der Waals surface area contributed by atoms with Gasteiger partial charge in [0, 0.05) is 33.3 Å². The zero-order chi connectivity index (χ0) is 70.5. The van der Waals surface area contributed by atoms with Crippen LogP contribution in [0.3, 0.4) is 0 Å². The third-order valence-corrected chi connectivity index (χ3v) is 17.8. The number of hydrogen-bond acceptors (Lipinski definition) is 31. The first-order valence-corrected chi connectivity index (χ1v) is 32.8. The molecule has 5 amide bonds. The maximum Gasteiger partial charge on any atom is 0.251 e. The highest BCUT2D eigenvalue weighted by Gasteiger charge is 2.60. The van der Waals surface area contributed by atoms with E-state index < -0.39 is 247 Å². The summed E-state index contributed by atoms with van der Waals surface area (Å²) in [6.45, 7) is 2.12. The Kier molecular flexibility index (Phi) is 29.2. The van der Waals surface area contributed by atoms with E-state index in [0.29, 0.717) is 12.4 Å². The molecule has 30 atom stereocenters. The Hall–Kier alpha value is -4.63. The molecule has 18 N–H and O–H groups in total. The normalized spacial score (nSPS) is 40.4. The predicted molar refractivity (Wildman–Crippen MR) is 322 cm³/mol. The third kappa shape index (κ3) is 19.7. The van der Waals surface area contributed by atoms with Crippen LogP contribution >= 0.6 is 0 Å². The summed E-state index contributed by atoms with van der Waals surface area (Å²) in [5, 5.41) is 158. The lowest BCUT2D eigenvalue weighted by atomic mass is 9.93. The number of hydrogen-bond donors (Lipinski definition) is 18. The number of nitrogens with one attached hydrogen (secondary N) is 5. The van der Waals surface area contributed by atoms with E-state index >= 15 is 0 Å². The molecule has 36 heteroatoms. The second-order valence-corrected chi connectivity index (χ2v) is 25.2. The van der Waals surface area contributed by atoms with E-state index in [1.165, 1.54) is 44.2 Å². The van der Waals surface area contributed by atoms with Crippen LogP contribution in [0.1, 0.15) is 103 Å². The molecule has 0 spiro atoms. The molecule has 0 radical (unpaired) electrons. The second kappa shape index (κ2) is 36.3. The van der Waals surface area contributed by atoms with Crippen LogP contribution in [-0.4, -0.2) is 320 Å². The topological polar surface area (TPSA) is 532 Å². The van der Waals surface area contributed by atoms with Gasteiger partial charge in [0.15, 0.2) is 44.0 Å². The molecule has 0 aliphatic carbocycles. The minimum absolute atomic E-state index is 0.0624. The van der Waals surface area contributed by atoms with Crippen molar-refractivity contribution in [3.05, 3.63) is 29.8 Å². The van der Waals surface area contributed by atoms with Crippen molar-refractivity contribution in [3.8, 4) is 5.75 Å². The number of aliphatic hydroxyl groups excluding tert-OH is 13. The average Bonchev–Trinajstić information content (AvgIpc) is 1.60. The van der Waals surface area contributed by atoms with Crippen molar-refractivity contribution in [1.82, 2.24) is 26.6 Å². The Balaban J connectivity index is 0.963. The smallest absolute Gasteiger partial charge is 0.251 e. The van der Waals surface area contributed by atoms with Crippen LogP contribution in [-0.2, 0) is 76.0 Å². The Morgan fingerprint density at radius 1 is 0.423 bits per heavy atom. The van der Waals surface area contributed by atoms with E-state index in [1.807, 2.05) is 0 Å². The first-order valence-electron chi connectivity index (χ1n) is 32.8. The van der Waals surface area contributed by atoms with Crippen LogP contribution in [0.4, 0.5) is 0 Å². The van der Waals surface area contributed by atoms with Gasteiger partial charge in [0.05, 0.1) is 39.6 Å². The molecule has 97 heavy (non-hydrogen) atoms. The Labute approximate surface area is 558 Å². The summed E-state index contributed by atoms with van der Waals surface area (Å²) in [5.74, 6) is -3.63. The average molecular weight is 1400 g/mol. The maximum absolute atomic E-state index is 13.9. The number of rotatable bonds is 32. The summed E-state index contributed by atoms with van der Waals surface area (Å²) in [4.78, 5) is 65.0. The lowest BCUT2D eigenvalue weighted by Gasteiger charge is -2.51. The molecule has 36 nitrogen and oxygen atoms in total. The van der Waals surface area contributed by atoms with Crippen LogP contribution in [0.5, 0.6) is 5.75 Å². The Bertz CT molecular complexity index is 2680. The van der Waals surface area contributed by atoms with Gasteiger partial charge in [-0.3, -0.25) is 24.0 Å². The number of carbonyl (C=O) groups is 5. The molecule has 20 unspecified atom stereocenters. The van der Waals surface area contributed by atoms with Crippen molar-refractivity contribution in [1.29, 1.82) is 0 Å². The van der Waals surface area contributed by atoms with Crippen molar-refractivity contribution < 1.29 is 152 Å². The van der Waals surface area contributed by atoms with Crippen molar-refractivity contribution in [3.63, 3.8) is 0 Å². The zero-order valence-electron chi connectivity index (χ0n) is 54.4. The highest BCUT2D eigenvalue weighted by molar-refractivity contribution is 5.94. The summed E-state index contributed by atoms with van der Waals surface area (Å²) >= 11 is 0. The molecule has 7 aliphatic heterocycles. The maximum atomic E-state index is 13.9. The summed E-state index contributed by atoms with van der Waals surface area (Å²) in [6, 6.07) is -2.37. The molecule has 0 aromatic heterocycles. The molecule has 7 aliphatic rings. The molecule has 7 heterocycles. The SMILES string of the molecule is CCCCCCCCCCCOc1cccc(C(=O)NC2C(O[C@@H]3C(CO)OC(OC4C(CO)O[C@@H](O[C@@H]5C(CO)OC(OC6C(CO[C@@H]7OC8OC8C(O)C7O)O[C@@H](O)[C@@H](NC(C)=O)[C@@H]6O)C(NC(C)=O)C5O)[C@@H](NC(C)=O)[C@@H]4O)C(NC(C)=O)C3O)OC(CO)[C@@H](O)C2O)c1. The molecule has 8 rings (SSSR count). The van der Waals surface area contributed by atoms with Gasteiger partial charge >= 0.3 is 0 Å². The lowest BCUT2D eigenvalue weighted by Crippen LogP contribution is -2.72. The standard InChI is InChI=1S/C61H97N5O31/c1-6-7-8-9-10-11-12-13-14-18-85-30-17-15-16-29(19-30)54(83)66-37-42(76)41(75)31(20-67)88-56(37)92-49-32(21-68)89-57(38(44(49)78)63-26(3)72)93-50-33(22-69)90-58(39(45(50)79)64-27(4)73)94-51-34(23-70)91-59(40(46(51)80)65-28(5)74)95-52-35(87-55(84)36(43(52)77)62-25(2)71)24-86-60-48(82)47(81)53-61(96-53)97-60/h15-17,19,31-53,55-61,67-70,75-82,84H,6-14,18,20-24H2,1-5H3,(H,62,71)(H,63,72)(H,64,73)(H,65,74)(H,66,83)/t31?,32?,33?,34?,35?,36-,37?,38?,39-,40?,41+,42?,43-,44?,45-,46?,47?,48?,49+,50?,51+,52?,53?,55+,56?,57?,58-,59?,60+,61?/m0/s1. The van der Waals surface area contributed by atoms with Crippen LogP contribution in [0, 0.1) is 0 Å². The van der Waals surface area contributed by atoms with Gasteiger partial charge < -0.3 is 155 Å². The van der Waals surface area contributed by atoms with Gasteiger partial charge in [-0.15, -0.1) is 0 Å². The highest BCUT2D eigenvalue weighted by Crippen LogP contribution is 2.39. The summed E-state index contributed by atoms with van der Waals surface area (Å²) in [6.07, 6.45) is -33.2. The molecule has 552 valence electrons. The second-order valence-electron chi connectivity index (χ2n) is 25.2. The molecule has 0 bridgehead atoms. The first-order chi connectivity index (χ1) is 46.3. The molecule has 1 aromatic rings. The highest BCUT2D eigenvalue weighted by atomic mass is 16.8. The summed E-state index contributed by atoms with van der Waals surface area (Å²) in [7, 11) is 0. The number of benzene rings is 1. The van der Waals surface area contributed by atoms with Crippen molar-refractivity contribution in [2.24, 2.45) is 0 Å². The number of unbranched alkanes of at least 4 members (excludes halogenated alkanes) is 8. The molecule has 1 aromatic carbocycles. The van der Waals surface area contributed by atoms with E-state index in [4.69, 9.17) is 61.6 Å². The number of carbonyl (C=O) groups excluding carboxylic acids is 5. The molecule has 7 fully saturated rings. The molecule has 7 saturated heterocycles. The van der Waals surface area contributed by atoms with Crippen molar-refractivity contribution >= 4 is 29.5 Å². The van der Waals surface area contributed by atoms with E-state index in [-0.39, 0.29) is 5.56 Å². The largest absolute Gasteiger partial charge is 0.494 e. The van der Waals surface area contributed by atoms with E-state index in [1.54, 1.807) is 12.1 Å². The molecule has 0 saturated carbocycles. The summed E-state index contributed by atoms with van der Waals surface area (Å²) < 4.78 is 77.2. The quantitative estimate of drug-likeness (QED) is 0.0235. The number of aliphatic hydroxyl groups is 13. The van der Waals surface area contributed by atoms with E-state index in [0.717, 1.165) is 53.4 Å². The number of epoxide rings is 1. The van der Waals surface area contributed by atoms with Gasteiger partial charge in [-0.2, -0.15) is 0 Å². The zero-order valence-corrected chi connectivity index (χ0v) is 54.4. The van der Waals surface area contributed by atoms with Crippen LogP contribution < -0.4 is 31.3 Å². The van der Waals surface area contributed by atoms with E-state index in [2.05, 4.69) is 33.5 Å². The fourth-order valence-corrected chi connectivity index (χ4v) is 12.7. The van der Waals surface area contributed by atoms with Gasteiger partial charge in [-0.05, 0) is 24.6 Å². The first kappa shape index (κ1) is 78.1. The van der Waals surface area contributed by atoms with Crippen molar-refractivity contribution in [2.45, 2.75) is 277 Å². The number of amides is 5. The number of fused-ring (bicyclic) bond motifs is 1.